The number of thiocarbonyl (C=S) groups is 1. The highest BCUT2D eigenvalue weighted by atomic mass is 35.6. The fourth-order valence-corrected chi connectivity index (χ4v) is 2.89. The van der Waals surface area contributed by atoms with Gasteiger partial charge in [-0.15, -0.1) is 0 Å². The van der Waals surface area contributed by atoms with Crippen molar-refractivity contribution >= 4 is 86.9 Å². The van der Waals surface area contributed by atoms with Crippen LogP contribution in [-0.4, -0.2) is 21.0 Å². The van der Waals surface area contributed by atoms with Crippen LogP contribution >= 0.6 is 70.2 Å². The molecule has 2 rings (SSSR count). The number of aryl methyl sites for hydroxylation is 1. The smallest absolute Gasteiger partial charge is 0.252 e. The van der Waals surface area contributed by atoms with Crippen molar-refractivity contribution in [2.24, 2.45) is 0 Å². The molecule has 0 bridgehead atoms. The largest absolute Gasteiger partial charge is 0.339 e. The molecule has 1 amide bonds. The molecule has 0 aliphatic heterocycles. The second-order valence-corrected chi connectivity index (χ2v) is 9.16. The molecule has 0 aliphatic carbocycles. The molecule has 0 saturated carbocycles. The maximum atomic E-state index is 12.4. The van der Waals surface area contributed by atoms with Crippen LogP contribution in [0.5, 0.6) is 0 Å². The highest BCUT2D eigenvalue weighted by Gasteiger charge is 2.35. The Balaban J connectivity index is 2.10. The van der Waals surface area contributed by atoms with Crippen LogP contribution in [-0.2, 0) is 0 Å². The summed E-state index contributed by atoms with van der Waals surface area (Å²) in [5.74, 6) is -0.428. The molecule has 0 fully saturated rings. The minimum atomic E-state index is -1.87. The van der Waals surface area contributed by atoms with Gasteiger partial charge in [0, 0.05) is 10.6 Å². The minimum absolute atomic E-state index is 0.0831. The Labute approximate surface area is 187 Å². The van der Waals surface area contributed by atoms with Crippen molar-refractivity contribution in [3.8, 4) is 0 Å². The number of amides is 1. The van der Waals surface area contributed by atoms with Crippen LogP contribution in [0.2, 0.25) is 10.0 Å². The van der Waals surface area contributed by atoms with Gasteiger partial charge in [-0.05, 0) is 49.5 Å². The van der Waals surface area contributed by atoms with Gasteiger partial charge in [0.05, 0.1) is 10.7 Å². The monoisotopic (exact) mass is 483 g/mol. The number of benzene rings is 2. The third-order valence-corrected chi connectivity index (χ3v) is 4.81. The molecular formula is C17H14Cl5N3OS. The lowest BCUT2D eigenvalue weighted by Gasteiger charge is -2.28. The quantitative estimate of drug-likeness (QED) is 0.295. The van der Waals surface area contributed by atoms with Gasteiger partial charge in [-0.1, -0.05) is 75.7 Å². The van der Waals surface area contributed by atoms with E-state index < -0.39 is 15.9 Å². The van der Waals surface area contributed by atoms with Crippen molar-refractivity contribution in [3.05, 3.63) is 63.6 Å². The lowest BCUT2D eigenvalue weighted by Crippen LogP contribution is -2.56. The zero-order chi connectivity index (χ0) is 20.2. The average Bonchev–Trinajstić information content (AvgIpc) is 2.57. The van der Waals surface area contributed by atoms with E-state index in [9.17, 15) is 4.79 Å². The number of carbonyl (C=O) groups is 1. The Hall–Kier alpha value is -0.950. The number of halogens is 5. The maximum Gasteiger partial charge on any atom is 0.252 e. The van der Waals surface area contributed by atoms with E-state index in [-0.39, 0.29) is 5.11 Å². The summed E-state index contributed by atoms with van der Waals surface area (Å²) in [5.41, 5.74) is 1.90. The van der Waals surface area contributed by atoms with Crippen LogP contribution in [0, 0.1) is 6.92 Å². The Morgan fingerprint density at radius 2 is 1.67 bits per heavy atom. The van der Waals surface area contributed by atoms with Crippen LogP contribution < -0.4 is 16.0 Å². The number of hydrogen-bond donors (Lipinski definition) is 3. The van der Waals surface area contributed by atoms with E-state index in [1.54, 1.807) is 42.5 Å². The molecule has 0 heterocycles. The Kier molecular flexibility index (Phi) is 7.86. The number of nitrogens with one attached hydrogen (secondary N) is 3. The summed E-state index contributed by atoms with van der Waals surface area (Å²) in [6.45, 7) is 1.92. The molecular weight excluding hydrogens is 472 g/mol. The summed E-state index contributed by atoms with van der Waals surface area (Å²) in [6, 6.07) is 11.8. The third-order valence-electron chi connectivity index (χ3n) is 3.37. The predicted molar refractivity (Wildman–Crippen MR) is 119 cm³/mol. The van der Waals surface area contributed by atoms with Gasteiger partial charge in [0.25, 0.3) is 5.91 Å². The molecule has 0 spiro atoms. The van der Waals surface area contributed by atoms with E-state index in [0.717, 1.165) is 5.56 Å². The zero-order valence-corrected chi connectivity index (χ0v) is 18.4. The lowest BCUT2D eigenvalue weighted by atomic mass is 10.1. The third kappa shape index (κ3) is 6.86. The summed E-state index contributed by atoms with van der Waals surface area (Å²) in [7, 11) is 0. The van der Waals surface area contributed by atoms with Gasteiger partial charge < -0.3 is 16.0 Å². The van der Waals surface area contributed by atoms with Crippen LogP contribution in [0.1, 0.15) is 15.9 Å². The van der Waals surface area contributed by atoms with Crippen molar-refractivity contribution < 1.29 is 4.79 Å². The molecule has 2 aromatic rings. The number of carbonyl (C=O) groups excluding carboxylic acids is 1. The van der Waals surface area contributed by atoms with Gasteiger partial charge in [-0.25, -0.2) is 0 Å². The number of anilines is 1. The lowest BCUT2D eigenvalue weighted by molar-refractivity contribution is 0.0934. The summed E-state index contributed by atoms with van der Waals surface area (Å²) in [4.78, 5) is 12.4. The first-order chi connectivity index (χ1) is 12.6. The maximum absolute atomic E-state index is 12.4. The molecule has 3 N–H and O–H groups in total. The van der Waals surface area contributed by atoms with Crippen LogP contribution in [0.3, 0.4) is 0 Å². The second-order valence-electron chi connectivity index (χ2n) is 5.54. The molecule has 1 atom stereocenters. The molecule has 4 nitrogen and oxygen atoms in total. The first-order valence-corrected chi connectivity index (χ1v) is 9.83. The Morgan fingerprint density at radius 1 is 1.04 bits per heavy atom. The fourth-order valence-electron chi connectivity index (χ4n) is 2.00. The van der Waals surface area contributed by atoms with Gasteiger partial charge >= 0.3 is 0 Å². The molecule has 0 radical (unpaired) electrons. The molecule has 0 aliphatic rings. The average molecular weight is 486 g/mol. The van der Waals surface area contributed by atoms with Crippen LogP contribution in [0.4, 0.5) is 5.69 Å². The van der Waals surface area contributed by atoms with Gasteiger partial charge in [0.1, 0.15) is 6.17 Å². The normalized spacial score (nSPS) is 12.2. The van der Waals surface area contributed by atoms with Crippen LogP contribution in [0.25, 0.3) is 0 Å². The first-order valence-electron chi connectivity index (χ1n) is 7.53. The number of hydrogen-bond acceptors (Lipinski definition) is 2. The van der Waals surface area contributed by atoms with Crippen molar-refractivity contribution in [2.45, 2.75) is 16.9 Å². The topological polar surface area (TPSA) is 53.2 Å². The summed E-state index contributed by atoms with van der Waals surface area (Å²) < 4.78 is -1.87. The number of alkyl halides is 3. The van der Waals surface area contributed by atoms with E-state index in [0.29, 0.717) is 21.3 Å². The summed E-state index contributed by atoms with van der Waals surface area (Å²) >= 11 is 35.2. The molecule has 1 unspecified atom stereocenters. The molecule has 2 aromatic carbocycles. The standard InChI is InChI=1S/C17H14Cl5N3OS/c1-9-2-4-10(5-3-9)14(26)24-15(17(20,21)22)25-16(27)23-13-8-11(18)6-7-12(13)19/h2-8,15H,1H3,(H,24,26)(H2,23,25,27). The summed E-state index contributed by atoms with van der Waals surface area (Å²) in [5, 5.41) is 9.16. The Morgan fingerprint density at radius 3 is 2.26 bits per heavy atom. The van der Waals surface area contributed by atoms with E-state index in [1.807, 2.05) is 6.92 Å². The molecule has 10 heteroatoms. The van der Waals surface area contributed by atoms with E-state index in [4.69, 9.17) is 70.2 Å². The zero-order valence-electron chi connectivity index (χ0n) is 13.8. The number of rotatable bonds is 4. The van der Waals surface area contributed by atoms with Gasteiger partial charge in [-0.2, -0.15) is 0 Å². The van der Waals surface area contributed by atoms with E-state index >= 15 is 0 Å². The SMILES string of the molecule is Cc1ccc(C(=O)NC(NC(=S)Nc2cc(Cl)ccc2Cl)C(Cl)(Cl)Cl)cc1. The molecule has 0 aromatic heterocycles. The van der Waals surface area contributed by atoms with E-state index in [2.05, 4.69) is 16.0 Å². The Bertz CT molecular complexity index is 839. The van der Waals surface area contributed by atoms with E-state index in [1.165, 1.54) is 0 Å². The molecule has 144 valence electrons. The minimum Gasteiger partial charge on any atom is -0.339 e. The van der Waals surface area contributed by atoms with Gasteiger partial charge in [0.15, 0.2) is 5.11 Å². The second kappa shape index (κ2) is 9.50. The highest BCUT2D eigenvalue weighted by Crippen LogP contribution is 2.30. The molecule has 27 heavy (non-hydrogen) atoms. The molecule has 0 saturated heterocycles. The van der Waals surface area contributed by atoms with Crippen molar-refractivity contribution in [3.63, 3.8) is 0 Å². The van der Waals surface area contributed by atoms with Crippen molar-refractivity contribution in [1.29, 1.82) is 0 Å². The predicted octanol–water partition coefficient (Wildman–Crippen LogP) is 5.71. The van der Waals surface area contributed by atoms with Crippen LogP contribution in [0.15, 0.2) is 42.5 Å². The fraction of sp³-hybridized carbons (Fsp3) is 0.176. The van der Waals surface area contributed by atoms with Gasteiger partial charge in [-0.3, -0.25) is 4.79 Å². The first kappa shape index (κ1) is 22.3. The summed E-state index contributed by atoms with van der Waals surface area (Å²) in [6.07, 6.45) is -1.10. The van der Waals surface area contributed by atoms with Gasteiger partial charge in [0.2, 0.25) is 3.79 Å². The van der Waals surface area contributed by atoms with Crippen molar-refractivity contribution in [1.82, 2.24) is 10.6 Å². The van der Waals surface area contributed by atoms with Crippen molar-refractivity contribution in [2.75, 3.05) is 5.32 Å². The highest BCUT2D eigenvalue weighted by molar-refractivity contribution is 7.80.